The van der Waals surface area contributed by atoms with Crippen LogP contribution in [0.3, 0.4) is 0 Å². The maximum atomic E-state index is 6.17. The van der Waals surface area contributed by atoms with E-state index in [9.17, 15) is 0 Å². The minimum atomic E-state index is 0.342. The first kappa shape index (κ1) is 11.9. The van der Waals surface area contributed by atoms with Crippen molar-refractivity contribution in [2.75, 3.05) is 32.7 Å². The Kier molecular flexibility index (Phi) is 3.18. The summed E-state index contributed by atoms with van der Waals surface area (Å²) in [4.78, 5) is 5.46. The van der Waals surface area contributed by atoms with Crippen LogP contribution in [0.5, 0.6) is 0 Å². The lowest BCUT2D eigenvalue weighted by atomic mass is 9.85. The van der Waals surface area contributed by atoms with E-state index in [2.05, 4.69) is 16.7 Å². The lowest BCUT2D eigenvalue weighted by Gasteiger charge is -2.49. The molecule has 3 aliphatic rings. The number of rotatable bonds is 2. The Morgan fingerprint density at radius 2 is 2.06 bits per heavy atom. The van der Waals surface area contributed by atoms with E-state index in [1.165, 1.54) is 58.3 Å². The maximum Gasteiger partial charge on any atom is 0.0358 e. The average molecular weight is 237 g/mol. The van der Waals surface area contributed by atoms with Gasteiger partial charge < -0.3 is 5.73 Å². The summed E-state index contributed by atoms with van der Waals surface area (Å²) in [5, 5.41) is 0. The molecule has 3 nitrogen and oxygen atoms in total. The second-order valence-corrected chi connectivity index (χ2v) is 6.38. The summed E-state index contributed by atoms with van der Waals surface area (Å²) >= 11 is 0. The van der Waals surface area contributed by atoms with E-state index in [1.54, 1.807) is 0 Å². The monoisotopic (exact) mass is 237 g/mol. The van der Waals surface area contributed by atoms with Crippen molar-refractivity contribution in [1.29, 1.82) is 0 Å². The van der Waals surface area contributed by atoms with Crippen LogP contribution >= 0.6 is 0 Å². The van der Waals surface area contributed by atoms with E-state index in [4.69, 9.17) is 5.73 Å². The smallest absolute Gasteiger partial charge is 0.0358 e. The molecule has 2 N–H and O–H groups in total. The highest BCUT2D eigenvalue weighted by Gasteiger charge is 2.46. The predicted octanol–water partition coefficient (Wildman–Crippen LogP) is 1.28. The summed E-state index contributed by atoms with van der Waals surface area (Å²) in [5.41, 5.74) is 6.51. The molecule has 0 radical (unpaired) electrons. The van der Waals surface area contributed by atoms with Gasteiger partial charge in [-0.25, -0.2) is 0 Å². The molecule has 3 fully saturated rings. The molecule has 2 aliphatic heterocycles. The van der Waals surface area contributed by atoms with Crippen molar-refractivity contribution in [2.24, 2.45) is 11.7 Å². The van der Waals surface area contributed by atoms with E-state index >= 15 is 0 Å². The zero-order valence-corrected chi connectivity index (χ0v) is 11.2. The van der Waals surface area contributed by atoms with E-state index in [0.29, 0.717) is 5.54 Å². The largest absolute Gasteiger partial charge is 0.329 e. The van der Waals surface area contributed by atoms with Crippen LogP contribution in [-0.2, 0) is 0 Å². The Hall–Kier alpha value is -0.120. The van der Waals surface area contributed by atoms with Crippen molar-refractivity contribution < 1.29 is 0 Å². The van der Waals surface area contributed by atoms with Crippen molar-refractivity contribution in [3.8, 4) is 0 Å². The minimum Gasteiger partial charge on any atom is -0.329 e. The van der Waals surface area contributed by atoms with Crippen LogP contribution < -0.4 is 5.73 Å². The van der Waals surface area contributed by atoms with Crippen LogP contribution in [0.15, 0.2) is 0 Å². The third kappa shape index (κ3) is 1.83. The normalized spacial score (nSPS) is 44.1. The molecule has 1 saturated carbocycles. The molecule has 0 aromatic heterocycles. The summed E-state index contributed by atoms with van der Waals surface area (Å²) in [7, 11) is 0. The highest BCUT2D eigenvalue weighted by molar-refractivity contribution is 5.03. The quantitative estimate of drug-likeness (QED) is 0.785. The van der Waals surface area contributed by atoms with E-state index in [0.717, 1.165) is 18.5 Å². The summed E-state index contributed by atoms with van der Waals surface area (Å²) in [6.45, 7) is 8.42. The van der Waals surface area contributed by atoms with Crippen molar-refractivity contribution in [1.82, 2.24) is 9.80 Å². The first-order valence-corrected chi connectivity index (χ1v) is 7.45. The van der Waals surface area contributed by atoms with Gasteiger partial charge in [-0.2, -0.15) is 0 Å². The first-order valence-electron chi connectivity index (χ1n) is 7.45. The van der Waals surface area contributed by atoms with Gasteiger partial charge in [0.25, 0.3) is 0 Å². The lowest BCUT2D eigenvalue weighted by Crippen LogP contribution is -2.63. The second kappa shape index (κ2) is 4.52. The van der Waals surface area contributed by atoms with Crippen molar-refractivity contribution in [3.05, 3.63) is 0 Å². The van der Waals surface area contributed by atoms with Crippen LogP contribution in [0.25, 0.3) is 0 Å². The van der Waals surface area contributed by atoms with Crippen LogP contribution in [0.4, 0.5) is 0 Å². The molecule has 3 heteroatoms. The van der Waals surface area contributed by atoms with E-state index in [-0.39, 0.29) is 0 Å². The molecule has 98 valence electrons. The fraction of sp³-hybridized carbons (Fsp3) is 1.00. The Labute approximate surface area is 105 Å². The number of piperazine rings is 1. The molecule has 3 atom stereocenters. The fourth-order valence-corrected chi connectivity index (χ4v) is 4.53. The molecule has 1 aliphatic carbocycles. The summed E-state index contributed by atoms with van der Waals surface area (Å²) < 4.78 is 0. The molecule has 0 aromatic rings. The van der Waals surface area contributed by atoms with Gasteiger partial charge in [0.2, 0.25) is 0 Å². The molecule has 0 bridgehead atoms. The first-order chi connectivity index (χ1) is 8.26. The Morgan fingerprint density at radius 3 is 2.76 bits per heavy atom. The van der Waals surface area contributed by atoms with Gasteiger partial charge in [0.15, 0.2) is 0 Å². The van der Waals surface area contributed by atoms with E-state index in [1.807, 2.05) is 0 Å². The van der Waals surface area contributed by atoms with Crippen LogP contribution in [0, 0.1) is 5.92 Å². The lowest BCUT2D eigenvalue weighted by molar-refractivity contribution is 0.000630. The van der Waals surface area contributed by atoms with Crippen molar-refractivity contribution in [3.63, 3.8) is 0 Å². The SMILES string of the molecule is CC1CCCC1(CN)N1CCN2CCCC2C1. The number of hydrogen-bond acceptors (Lipinski definition) is 3. The molecule has 3 rings (SSSR count). The Balaban J connectivity index is 1.74. The molecule has 3 unspecified atom stereocenters. The highest BCUT2D eigenvalue weighted by atomic mass is 15.3. The van der Waals surface area contributed by atoms with Gasteiger partial charge >= 0.3 is 0 Å². The van der Waals surface area contributed by atoms with Gasteiger partial charge in [0.1, 0.15) is 0 Å². The molecule has 2 saturated heterocycles. The number of hydrogen-bond donors (Lipinski definition) is 1. The minimum absolute atomic E-state index is 0.342. The number of nitrogens with zero attached hydrogens (tertiary/aromatic N) is 2. The van der Waals surface area contributed by atoms with Crippen LogP contribution in [-0.4, -0.2) is 54.1 Å². The van der Waals surface area contributed by atoms with Gasteiger partial charge in [-0.05, 0) is 38.1 Å². The predicted molar refractivity (Wildman–Crippen MR) is 71.0 cm³/mol. The van der Waals surface area contributed by atoms with Gasteiger partial charge in [0.05, 0.1) is 0 Å². The summed E-state index contributed by atoms with van der Waals surface area (Å²) in [6.07, 6.45) is 6.90. The van der Waals surface area contributed by atoms with Gasteiger partial charge in [-0.15, -0.1) is 0 Å². The molecule has 0 spiro atoms. The highest BCUT2D eigenvalue weighted by Crippen LogP contribution is 2.41. The van der Waals surface area contributed by atoms with Gasteiger partial charge in [0, 0.05) is 37.8 Å². The van der Waals surface area contributed by atoms with Crippen molar-refractivity contribution >= 4 is 0 Å². The summed E-state index contributed by atoms with van der Waals surface area (Å²) in [5.74, 6) is 0.792. The topological polar surface area (TPSA) is 32.5 Å². The molecule has 2 heterocycles. The van der Waals surface area contributed by atoms with Gasteiger partial charge in [-0.1, -0.05) is 13.3 Å². The molecular formula is C14H27N3. The summed E-state index contributed by atoms with van der Waals surface area (Å²) in [6, 6.07) is 0.833. The number of fused-ring (bicyclic) bond motifs is 1. The zero-order chi connectivity index (χ0) is 11.9. The molecule has 0 amide bonds. The van der Waals surface area contributed by atoms with Crippen LogP contribution in [0.1, 0.15) is 39.0 Å². The Bertz CT molecular complexity index is 281. The second-order valence-electron chi connectivity index (χ2n) is 6.38. The molecule has 17 heavy (non-hydrogen) atoms. The van der Waals surface area contributed by atoms with Crippen LogP contribution in [0.2, 0.25) is 0 Å². The fourth-order valence-electron chi connectivity index (χ4n) is 4.53. The zero-order valence-electron chi connectivity index (χ0n) is 11.2. The van der Waals surface area contributed by atoms with E-state index < -0.39 is 0 Å². The van der Waals surface area contributed by atoms with Crippen molar-refractivity contribution in [2.45, 2.75) is 50.6 Å². The molecule has 0 aromatic carbocycles. The third-order valence-corrected chi connectivity index (χ3v) is 5.73. The average Bonchev–Trinajstić information content (AvgIpc) is 2.94. The molecular weight excluding hydrogens is 210 g/mol. The maximum absolute atomic E-state index is 6.17. The standard InChI is InChI=1S/C14H27N3/c1-12-4-2-6-14(12,11-15)17-9-8-16-7-3-5-13(16)10-17/h12-13H,2-11,15H2,1H3. The number of nitrogens with two attached hydrogens (primary N) is 1. The third-order valence-electron chi connectivity index (χ3n) is 5.73. The Morgan fingerprint density at radius 1 is 1.18 bits per heavy atom. The van der Waals surface area contributed by atoms with Gasteiger partial charge in [-0.3, -0.25) is 9.80 Å².